The van der Waals surface area contributed by atoms with Crippen molar-refractivity contribution >= 4 is 12.1 Å². The van der Waals surface area contributed by atoms with Gasteiger partial charge in [-0.15, -0.1) is 0 Å². The molecule has 1 amide bonds. The van der Waals surface area contributed by atoms with E-state index in [4.69, 9.17) is 0 Å². The first-order valence-electron chi connectivity index (χ1n) is 6.36. The maximum atomic E-state index is 11.3. The summed E-state index contributed by atoms with van der Waals surface area (Å²) in [6.07, 6.45) is 0.557. The SMILES string of the molecule is O=C(O)C1CCCN(C(=O)O)C1Cc1ccccc1. The van der Waals surface area contributed by atoms with E-state index in [0.717, 1.165) is 5.56 Å². The second kappa shape index (κ2) is 5.73. The van der Waals surface area contributed by atoms with Crippen LogP contribution in [0, 0.1) is 5.92 Å². The molecule has 2 N–H and O–H groups in total. The van der Waals surface area contributed by atoms with Gasteiger partial charge >= 0.3 is 12.1 Å². The maximum absolute atomic E-state index is 11.3. The molecule has 0 aliphatic carbocycles. The summed E-state index contributed by atoms with van der Waals surface area (Å²) in [5.41, 5.74) is 0.965. The van der Waals surface area contributed by atoms with E-state index >= 15 is 0 Å². The number of hydrogen-bond acceptors (Lipinski definition) is 2. The average molecular weight is 263 g/mol. The van der Waals surface area contributed by atoms with Crippen LogP contribution in [-0.2, 0) is 11.2 Å². The van der Waals surface area contributed by atoms with E-state index in [9.17, 15) is 19.8 Å². The zero-order valence-corrected chi connectivity index (χ0v) is 10.5. The number of benzene rings is 1. The molecular formula is C14H17NO4. The first kappa shape index (κ1) is 13.4. The fourth-order valence-electron chi connectivity index (χ4n) is 2.69. The van der Waals surface area contributed by atoms with Crippen molar-refractivity contribution in [3.8, 4) is 0 Å². The minimum atomic E-state index is -1.04. The predicted octanol–water partition coefficient (Wildman–Crippen LogP) is 2.07. The van der Waals surface area contributed by atoms with Gasteiger partial charge in [-0.3, -0.25) is 4.79 Å². The van der Waals surface area contributed by atoms with E-state index in [0.29, 0.717) is 25.8 Å². The smallest absolute Gasteiger partial charge is 0.407 e. The lowest BCUT2D eigenvalue weighted by atomic mass is 9.85. The minimum absolute atomic E-state index is 0.413. The van der Waals surface area contributed by atoms with Crippen molar-refractivity contribution in [2.24, 2.45) is 5.92 Å². The van der Waals surface area contributed by atoms with Crippen LogP contribution < -0.4 is 0 Å². The molecule has 102 valence electrons. The summed E-state index contributed by atoms with van der Waals surface area (Å²) < 4.78 is 0. The number of piperidine rings is 1. The lowest BCUT2D eigenvalue weighted by Crippen LogP contribution is -2.51. The fourth-order valence-corrected chi connectivity index (χ4v) is 2.69. The van der Waals surface area contributed by atoms with Crippen molar-refractivity contribution in [3.63, 3.8) is 0 Å². The standard InChI is InChI=1S/C14H17NO4/c16-13(17)11-7-4-8-15(14(18)19)12(11)9-10-5-2-1-3-6-10/h1-3,5-6,11-12H,4,7-9H2,(H,16,17)(H,18,19). The molecule has 1 fully saturated rings. The van der Waals surface area contributed by atoms with Crippen LogP contribution >= 0.6 is 0 Å². The Morgan fingerprint density at radius 3 is 2.47 bits per heavy atom. The molecule has 2 unspecified atom stereocenters. The molecule has 0 saturated carbocycles. The molecule has 1 saturated heterocycles. The molecule has 1 aliphatic rings. The molecule has 1 aliphatic heterocycles. The van der Waals surface area contributed by atoms with Crippen LogP contribution in [-0.4, -0.2) is 39.8 Å². The van der Waals surface area contributed by atoms with Crippen LogP contribution in [0.15, 0.2) is 30.3 Å². The molecule has 19 heavy (non-hydrogen) atoms. The van der Waals surface area contributed by atoms with Gasteiger partial charge in [0.05, 0.1) is 12.0 Å². The Hall–Kier alpha value is -2.04. The highest BCUT2D eigenvalue weighted by molar-refractivity contribution is 5.73. The molecule has 2 rings (SSSR count). The van der Waals surface area contributed by atoms with Crippen molar-refractivity contribution in [2.45, 2.75) is 25.3 Å². The Labute approximate surface area is 111 Å². The second-order valence-corrected chi connectivity index (χ2v) is 4.82. The lowest BCUT2D eigenvalue weighted by Gasteiger charge is -2.37. The van der Waals surface area contributed by atoms with Crippen LogP contribution in [0.3, 0.4) is 0 Å². The zero-order valence-electron chi connectivity index (χ0n) is 10.5. The monoisotopic (exact) mass is 263 g/mol. The quantitative estimate of drug-likeness (QED) is 0.875. The van der Waals surface area contributed by atoms with Gasteiger partial charge in [0.2, 0.25) is 0 Å². The van der Waals surface area contributed by atoms with Crippen LogP contribution in [0.5, 0.6) is 0 Å². The summed E-state index contributed by atoms with van der Waals surface area (Å²) in [7, 11) is 0. The number of amides is 1. The first-order chi connectivity index (χ1) is 9.09. The van der Waals surface area contributed by atoms with Crippen molar-refractivity contribution < 1.29 is 19.8 Å². The van der Waals surface area contributed by atoms with Gasteiger partial charge in [-0.05, 0) is 24.8 Å². The molecule has 2 atom stereocenters. The summed E-state index contributed by atoms with van der Waals surface area (Å²) in [6.45, 7) is 0.413. The van der Waals surface area contributed by atoms with Gasteiger partial charge in [-0.25, -0.2) is 4.79 Å². The number of carbonyl (C=O) groups is 2. The third-order valence-corrected chi connectivity index (χ3v) is 3.63. The van der Waals surface area contributed by atoms with Gasteiger partial charge < -0.3 is 15.1 Å². The summed E-state index contributed by atoms with van der Waals surface area (Å²) in [4.78, 5) is 23.8. The number of hydrogen-bond donors (Lipinski definition) is 2. The third-order valence-electron chi connectivity index (χ3n) is 3.63. The first-order valence-corrected chi connectivity index (χ1v) is 6.36. The Morgan fingerprint density at radius 1 is 1.21 bits per heavy atom. The summed E-state index contributed by atoms with van der Waals surface area (Å²) in [5, 5.41) is 18.5. The van der Waals surface area contributed by atoms with Crippen LogP contribution in [0.1, 0.15) is 18.4 Å². The van der Waals surface area contributed by atoms with Crippen molar-refractivity contribution in [3.05, 3.63) is 35.9 Å². The van der Waals surface area contributed by atoms with Crippen molar-refractivity contribution in [1.82, 2.24) is 4.90 Å². The minimum Gasteiger partial charge on any atom is -0.481 e. The molecule has 5 heteroatoms. The number of carboxylic acids is 1. The normalized spacial score (nSPS) is 23.1. The highest BCUT2D eigenvalue weighted by Crippen LogP contribution is 2.27. The number of rotatable bonds is 3. The highest BCUT2D eigenvalue weighted by Gasteiger charge is 2.38. The Balaban J connectivity index is 2.22. The zero-order chi connectivity index (χ0) is 13.8. The van der Waals surface area contributed by atoms with Gasteiger partial charge in [0.25, 0.3) is 0 Å². The van der Waals surface area contributed by atoms with E-state index in [1.54, 1.807) is 0 Å². The van der Waals surface area contributed by atoms with E-state index in [-0.39, 0.29) is 0 Å². The van der Waals surface area contributed by atoms with Gasteiger partial charge in [-0.2, -0.15) is 0 Å². The second-order valence-electron chi connectivity index (χ2n) is 4.82. The maximum Gasteiger partial charge on any atom is 0.407 e. The Morgan fingerprint density at radius 2 is 1.89 bits per heavy atom. The number of carboxylic acid groups (broad SMARTS) is 2. The number of aliphatic carboxylic acids is 1. The molecule has 0 spiro atoms. The molecule has 0 radical (unpaired) electrons. The molecule has 0 bridgehead atoms. The molecule has 1 aromatic rings. The van der Waals surface area contributed by atoms with Gasteiger partial charge in [0.15, 0.2) is 0 Å². The van der Waals surface area contributed by atoms with Crippen LogP contribution in [0.25, 0.3) is 0 Å². The molecule has 1 aromatic carbocycles. The van der Waals surface area contributed by atoms with E-state index in [2.05, 4.69) is 0 Å². The van der Waals surface area contributed by atoms with E-state index < -0.39 is 24.0 Å². The largest absolute Gasteiger partial charge is 0.481 e. The van der Waals surface area contributed by atoms with Crippen molar-refractivity contribution in [2.75, 3.05) is 6.54 Å². The summed E-state index contributed by atoms with van der Waals surface area (Å²) in [6, 6.07) is 8.94. The average Bonchev–Trinajstić information content (AvgIpc) is 2.39. The molecular weight excluding hydrogens is 246 g/mol. The Bertz CT molecular complexity index is 438. The van der Waals surface area contributed by atoms with E-state index in [1.807, 2.05) is 30.3 Å². The third kappa shape index (κ3) is 3.05. The number of likely N-dealkylation sites (tertiary alicyclic amines) is 1. The topological polar surface area (TPSA) is 77.8 Å². The van der Waals surface area contributed by atoms with Crippen molar-refractivity contribution in [1.29, 1.82) is 0 Å². The summed E-state index contributed by atoms with van der Waals surface area (Å²) >= 11 is 0. The van der Waals surface area contributed by atoms with Crippen LogP contribution in [0.4, 0.5) is 4.79 Å². The Kier molecular flexibility index (Phi) is 4.04. The molecule has 1 heterocycles. The van der Waals surface area contributed by atoms with Gasteiger partial charge in [0, 0.05) is 6.54 Å². The van der Waals surface area contributed by atoms with Gasteiger partial charge in [0.1, 0.15) is 0 Å². The highest BCUT2D eigenvalue weighted by atomic mass is 16.4. The van der Waals surface area contributed by atoms with E-state index in [1.165, 1.54) is 4.90 Å². The van der Waals surface area contributed by atoms with Gasteiger partial charge in [-0.1, -0.05) is 30.3 Å². The molecule has 0 aromatic heterocycles. The predicted molar refractivity (Wildman–Crippen MR) is 69.0 cm³/mol. The fraction of sp³-hybridized carbons (Fsp3) is 0.429. The summed E-state index contributed by atoms with van der Waals surface area (Å²) in [5.74, 6) is -1.53. The lowest BCUT2D eigenvalue weighted by molar-refractivity contribution is -0.145. The van der Waals surface area contributed by atoms with Crippen LogP contribution in [0.2, 0.25) is 0 Å². The molecule has 5 nitrogen and oxygen atoms in total. The number of nitrogens with zero attached hydrogens (tertiary/aromatic N) is 1.